The molecule has 0 aromatic heterocycles. The molecule has 35 heavy (non-hydrogen) atoms. The topological polar surface area (TPSA) is 9.23 Å². The maximum absolute atomic E-state index is 15.0. The molecule has 0 fully saturated rings. The van der Waals surface area contributed by atoms with Crippen molar-refractivity contribution in [3.8, 4) is 11.1 Å². The molecule has 3 rings (SSSR count). The number of hydrogen-bond donors (Lipinski definition) is 0. The second-order valence-corrected chi connectivity index (χ2v) is 10.3. The van der Waals surface area contributed by atoms with Crippen molar-refractivity contribution < 1.29 is 9.13 Å². The van der Waals surface area contributed by atoms with Gasteiger partial charge in [0.15, 0.2) is 0 Å². The van der Waals surface area contributed by atoms with E-state index in [1.807, 2.05) is 36.4 Å². The number of rotatable bonds is 15. The minimum atomic E-state index is -0.320. The fourth-order valence-electron chi connectivity index (χ4n) is 4.88. The SMILES string of the molecule is CCCCCCCCC1(OCCC[C@@H](C)CC)C=CC(c2ccc(-c3ccccc3)c(F)c2)C=C1. The van der Waals surface area contributed by atoms with Crippen molar-refractivity contribution in [1.82, 2.24) is 0 Å². The van der Waals surface area contributed by atoms with Gasteiger partial charge in [-0.05, 0) is 48.8 Å². The molecule has 1 atom stereocenters. The zero-order chi connectivity index (χ0) is 24.9. The van der Waals surface area contributed by atoms with E-state index in [1.54, 1.807) is 6.07 Å². The van der Waals surface area contributed by atoms with Gasteiger partial charge in [0.1, 0.15) is 11.4 Å². The maximum atomic E-state index is 15.0. The van der Waals surface area contributed by atoms with Crippen LogP contribution in [0.5, 0.6) is 0 Å². The normalized spacial score (nSPS) is 20.3. The number of benzene rings is 2. The molecular weight excluding hydrogens is 431 g/mol. The highest BCUT2D eigenvalue weighted by molar-refractivity contribution is 5.64. The monoisotopic (exact) mass is 476 g/mol. The molecular formula is C33H45FO. The summed E-state index contributed by atoms with van der Waals surface area (Å²) in [5.74, 6) is 0.667. The predicted octanol–water partition coefficient (Wildman–Crippen LogP) is 10.0. The van der Waals surface area contributed by atoms with Crippen molar-refractivity contribution >= 4 is 0 Å². The van der Waals surface area contributed by atoms with Crippen molar-refractivity contribution in [2.45, 2.75) is 96.5 Å². The van der Waals surface area contributed by atoms with Crippen molar-refractivity contribution in [1.29, 1.82) is 0 Å². The Morgan fingerprint density at radius 1 is 0.886 bits per heavy atom. The highest BCUT2D eigenvalue weighted by Crippen LogP contribution is 2.34. The molecule has 1 aliphatic carbocycles. The van der Waals surface area contributed by atoms with E-state index in [0.717, 1.165) is 36.5 Å². The van der Waals surface area contributed by atoms with Gasteiger partial charge >= 0.3 is 0 Å². The van der Waals surface area contributed by atoms with Crippen LogP contribution in [0.15, 0.2) is 72.8 Å². The molecule has 0 saturated carbocycles. The maximum Gasteiger partial charge on any atom is 0.131 e. The Morgan fingerprint density at radius 2 is 1.60 bits per heavy atom. The lowest BCUT2D eigenvalue weighted by Crippen LogP contribution is -2.30. The molecule has 190 valence electrons. The Balaban J connectivity index is 1.64. The van der Waals surface area contributed by atoms with Crippen LogP contribution >= 0.6 is 0 Å². The first-order valence-electron chi connectivity index (χ1n) is 13.9. The molecule has 0 unspecified atom stereocenters. The third-order valence-corrected chi connectivity index (χ3v) is 7.46. The first kappa shape index (κ1) is 27.4. The molecule has 2 heteroatoms. The van der Waals surface area contributed by atoms with E-state index in [0.29, 0.717) is 5.56 Å². The second-order valence-electron chi connectivity index (χ2n) is 10.3. The van der Waals surface area contributed by atoms with Gasteiger partial charge in [0.2, 0.25) is 0 Å². The summed E-state index contributed by atoms with van der Waals surface area (Å²) in [5.41, 5.74) is 2.23. The molecule has 2 aromatic carbocycles. The third kappa shape index (κ3) is 8.46. The van der Waals surface area contributed by atoms with Crippen molar-refractivity contribution in [3.63, 3.8) is 0 Å². The highest BCUT2D eigenvalue weighted by Gasteiger charge is 2.28. The standard InChI is InChI=1S/C33H45FO/c1-4-6-7-8-9-13-22-33(35-25-14-15-27(3)5-2)23-20-28(21-24-33)30-18-19-31(32(34)26-30)29-16-11-10-12-17-29/h10-12,16-21,23-24,26-28H,4-9,13-15,22,25H2,1-3H3/t27-,28?,33?/m0/s1. The summed E-state index contributed by atoms with van der Waals surface area (Å²) < 4.78 is 21.5. The Labute approximate surface area is 213 Å². The van der Waals surface area contributed by atoms with E-state index in [4.69, 9.17) is 4.74 Å². The fraction of sp³-hybridized carbons (Fsp3) is 0.515. The molecule has 1 nitrogen and oxygen atoms in total. The Hall–Kier alpha value is -2.19. The van der Waals surface area contributed by atoms with Gasteiger partial charge in [-0.2, -0.15) is 0 Å². The number of halogens is 1. The zero-order valence-electron chi connectivity index (χ0n) is 22.1. The van der Waals surface area contributed by atoms with Crippen LogP contribution < -0.4 is 0 Å². The van der Waals surface area contributed by atoms with E-state index in [9.17, 15) is 4.39 Å². The van der Waals surface area contributed by atoms with Crippen molar-refractivity contribution in [3.05, 3.63) is 84.2 Å². The van der Waals surface area contributed by atoms with Crippen LogP contribution in [0.1, 0.15) is 96.5 Å². The number of allylic oxidation sites excluding steroid dienone is 2. The molecule has 0 bridgehead atoms. The van der Waals surface area contributed by atoms with Crippen LogP contribution in [0.3, 0.4) is 0 Å². The summed E-state index contributed by atoms with van der Waals surface area (Å²) in [4.78, 5) is 0. The zero-order valence-corrected chi connectivity index (χ0v) is 22.1. The predicted molar refractivity (Wildman–Crippen MR) is 148 cm³/mol. The summed E-state index contributed by atoms with van der Waals surface area (Å²) in [5, 5.41) is 0. The van der Waals surface area contributed by atoms with Crippen LogP contribution in [0.2, 0.25) is 0 Å². The van der Waals surface area contributed by atoms with Crippen molar-refractivity contribution in [2.75, 3.05) is 6.61 Å². The Bertz CT molecular complexity index is 915. The van der Waals surface area contributed by atoms with E-state index < -0.39 is 0 Å². The van der Waals surface area contributed by atoms with Gasteiger partial charge in [-0.1, -0.05) is 126 Å². The lowest BCUT2D eigenvalue weighted by Gasteiger charge is -2.32. The Morgan fingerprint density at radius 3 is 2.29 bits per heavy atom. The largest absolute Gasteiger partial charge is 0.367 e. The number of ether oxygens (including phenoxy) is 1. The minimum absolute atomic E-state index is 0.0794. The summed E-state index contributed by atoms with van der Waals surface area (Å²) >= 11 is 0. The fourth-order valence-corrected chi connectivity index (χ4v) is 4.88. The molecule has 0 amide bonds. The lowest BCUT2D eigenvalue weighted by atomic mass is 9.84. The lowest BCUT2D eigenvalue weighted by molar-refractivity contribution is 0.0150. The van der Waals surface area contributed by atoms with E-state index >= 15 is 0 Å². The molecule has 0 spiro atoms. The van der Waals surface area contributed by atoms with Crippen LogP contribution in [0.25, 0.3) is 11.1 Å². The molecule has 0 radical (unpaired) electrons. The van der Waals surface area contributed by atoms with Gasteiger partial charge in [-0.3, -0.25) is 0 Å². The number of unbranched alkanes of at least 4 members (excludes halogenated alkanes) is 5. The van der Waals surface area contributed by atoms with E-state index in [1.165, 1.54) is 51.4 Å². The average molecular weight is 477 g/mol. The molecule has 0 aliphatic heterocycles. The van der Waals surface area contributed by atoms with Gasteiger partial charge in [-0.25, -0.2) is 4.39 Å². The summed E-state index contributed by atoms with van der Waals surface area (Å²) in [6.45, 7) is 7.63. The quantitative estimate of drug-likeness (QED) is 0.183. The molecule has 0 N–H and O–H groups in total. The molecule has 2 aromatic rings. The first-order chi connectivity index (χ1) is 17.1. The van der Waals surface area contributed by atoms with E-state index in [-0.39, 0.29) is 17.3 Å². The number of hydrogen-bond acceptors (Lipinski definition) is 1. The first-order valence-corrected chi connectivity index (χ1v) is 13.9. The van der Waals surface area contributed by atoms with Crippen molar-refractivity contribution in [2.24, 2.45) is 5.92 Å². The third-order valence-electron chi connectivity index (χ3n) is 7.46. The summed E-state index contributed by atoms with van der Waals surface area (Å²) in [6.07, 6.45) is 21.2. The molecule has 0 saturated heterocycles. The Kier molecular flexibility index (Phi) is 11.3. The van der Waals surface area contributed by atoms with Crippen LogP contribution in [-0.2, 0) is 4.74 Å². The molecule has 1 aliphatic rings. The van der Waals surface area contributed by atoms with Gasteiger partial charge in [0.05, 0.1) is 0 Å². The molecule has 0 heterocycles. The van der Waals surface area contributed by atoms with Crippen LogP contribution in [-0.4, -0.2) is 12.2 Å². The second kappa shape index (κ2) is 14.4. The van der Waals surface area contributed by atoms with Gasteiger partial charge in [0.25, 0.3) is 0 Å². The summed E-state index contributed by atoms with van der Waals surface area (Å²) in [6, 6.07) is 15.4. The van der Waals surface area contributed by atoms with E-state index in [2.05, 4.69) is 51.1 Å². The van der Waals surface area contributed by atoms with Gasteiger partial charge in [-0.15, -0.1) is 0 Å². The smallest absolute Gasteiger partial charge is 0.131 e. The van der Waals surface area contributed by atoms with Gasteiger partial charge in [0, 0.05) is 18.1 Å². The summed E-state index contributed by atoms with van der Waals surface area (Å²) in [7, 11) is 0. The van der Waals surface area contributed by atoms with Crippen LogP contribution in [0.4, 0.5) is 4.39 Å². The minimum Gasteiger partial charge on any atom is -0.367 e. The highest BCUT2D eigenvalue weighted by atomic mass is 19.1. The van der Waals surface area contributed by atoms with Gasteiger partial charge < -0.3 is 4.74 Å². The van der Waals surface area contributed by atoms with Crippen LogP contribution in [0, 0.1) is 11.7 Å². The average Bonchev–Trinajstić information content (AvgIpc) is 2.89.